The molecule has 2 rings (SSSR count). The first-order valence-electron chi connectivity index (χ1n) is 7.67. The Morgan fingerprint density at radius 1 is 1.29 bits per heavy atom. The van der Waals surface area contributed by atoms with Crippen LogP contribution in [0.15, 0.2) is 29.4 Å². The van der Waals surface area contributed by atoms with E-state index < -0.39 is 23.1 Å². The molecule has 0 spiro atoms. The Labute approximate surface area is 147 Å². The maximum Gasteiger partial charge on any atom is 0.410 e. The van der Waals surface area contributed by atoms with Crippen LogP contribution in [0.25, 0.3) is 0 Å². The van der Waals surface area contributed by atoms with E-state index in [1.54, 1.807) is 27.8 Å². The summed E-state index contributed by atoms with van der Waals surface area (Å²) < 4.78 is 5.41. The fraction of sp³-hybridized carbons (Fsp3) is 0.471. The second-order valence-corrected chi connectivity index (χ2v) is 7.12. The Bertz CT molecular complexity index is 665. The van der Waals surface area contributed by atoms with E-state index >= 15 is 0 Å². The number of ether oxygens (including phenoxy) is 1. The summed E-state index contributed by atoms with van der Waals surface area (Å²) >= 11 is 5.56. The number of hydrogen-bond acceptors (Lipinski definition) is 4. The number of benzene rings is 1. The monoisotopic (exact) mass is 351 g/mol. The Morgan fingerprint density at radius 2 is 1.88 bits per heavy atom. The minimum absolute atomic E-state index is 0.196. The first kappa shape index (κ1) is 18.3. The fourth-order valence-electron chi connectivity index (χ4n) is 2.34. The number of likely N-dealkylation sites (N-methyl/N-ethyl adjacent to an activating group) is 1. The molecule has 1 heterocycles. The normalized spacial score (nSPS) is 17.5. The van der Waals surface area contributed by atoms with Gasteiger partial charge in [0.15, 0.2) is 0 Å². The van der Waals surface area contributed by atoms with Gasteiger partial charge >= 0.3 is 11.5 Å². The third-order valence-corrected chi connectivity index (χ3v) is 3.78. The molecule has 24 heavy (non-hydrogen) atoms. The van der Waals surface area contributed by atoms with E-state index in [4.69, 9.17) is 16.3 Å². The van der Waals surface area contributed by atoms with Crippen LogP contribution in [0.2, 0.25) is 0 Å². The molecule has 1 aliphatic rings. The molecule has 0 saturated heterocycles. The molecule has 0 aliphatic carbocycles. The van der Waals surface area contributed by atoms with Crippen molar-refractivity contribution in [2.75, 3.05) is 13.6 Å². The summed E-state index contributed by atoms with van der Waals surface area (Å²) in [7, 11) is 1.63. The Morgan fingerprint density at radius 3 is 2.38 bits per heavy atom. The zero-order chi connectivity index (χ0) is 18.1. The van der Waals surface area contributed by atoms with Crippen LogP contribution in [0.3, 0.4) is 0 Å². The van der Waals surface area contributed by atoms with Crippen molar-refractivity contribution < 1.29 is 14.3 Å². The molecule has 0 bridgehead atoms. The second-order valence-electron chi connectivity index (χ2n) is 6.79. The van der Waals surface area contributed by atoms with Gasteiger partial charge in [-0.3, -0.25) is 4.79 Å². The van der Waals surface area contributed by atoms with Gasteiger partial charge in [-0.05, 0) is 44.9 Å². The van der Waals surface area contributed by atoms with Crippen LogP contribution in [0, 0.1) is 6.92 Å². The lowest BCUT2D eigenvalue weighted by Crippen LogP contribution is -2.46. The van der Waals surface area contributed by atoms with Crippen molar-refractivity contribution in [1.29, 1.82) is 0 Å². The number of hydrazone groups is 1. The van der Waals surface area contributed by atoms with Gasteiger partial charge in [-0.1, -0.05) is 29.8 Å². The lowest BCUT2D eigenvalue weighted by molar-refractivity contribution is 0.0263. The maximum atomic E-state index is 12.4. The summed E-state index contributed by atoms with van der Waals surface area (Å²) in [5.41, 5.74) is 1.95. The zero-order valence-electron chi connectivity index (χ0n) is 14.5. The van der Waals surface area contributed by atoms with Gasteiger partial charge in [0.25, 0.3) is 0 Å². The van der Waals surface area contributed by atoms with Gasteiger partial charge < -0.3 is 9.64 Å². The van der Waals surface area contributed by atoms with Gasteiger partial charge in [0.2, 0.25) is 0 Å². The molecule has 130 valence electrons. The van der Waals surface area contributed by atoms with Crippen LogP contribution in [-0.2, 0) is 4.74 Å². The summed E-state index contributed by atoms with van der Waals surface area (Å²) in [5, 5.41) is 4.76. The minimum Gasteiger partial charge on any atom is -0.444 e. The highest BCUT2D eigenvalue weighted by Gasteiger charge is 2.36. The summed E-state index contributed by atoms with van der Waals surface area (Å²) in [5.74, 6) is 0. The van der Waals surface area contributed by atoms with E-state index in [2.05, 4.69) is 5.10 Å². The molecule has 0 saturated carbocycles. The van der Waals surface area contributed by atoms with E-state index in [0.29, 0.717) is 5.71 Å². The third kappa shape index (κ3) is 4.26. The van der Waals surface area contributed by atoms with E-state index in [-0.39, 0.29) is 6.54 Å². The first-order chi connectivity index (χ1) is 11.1. The summed E-state index contributed by atoms with van der Waals surface area (Å²) in [6, 6.07) is 7.30. The molecule has 1 aromatic rings. The number of rotatable bonds is 2. The van der Waals surface area contributed by atoms with Crippen molar-refractivity contribution >= 4 is 28.8 Å². The van der Waals surface area contributed by atoms with Gasteiger partial charge in [-0.2, -0.15) is 5.10 Å². The number of hydrogen-bond donors (Lipinski definition) is 0. The number of carbonyl (C=O) groups is 2. The number of carbonyl (C=O) groups excluding carboxylic acids is 2. The van der Waals surface area contributed by atoms with Crippen LogP contribution in [0.1, 0.15) is 31.9 Å². The lowest BCUT2D eigenvalue weighted by Gasteiger charge is -2.29. The fourth-order valence-corrected chi connectivity index (χ4v) is 2.45. The van der Waals surface area contributed by atoms with Crippen molar-refractivity contribution in [2.24, 2.45) is 5.10 Å². The van der Waals surface area contributed by atoms with Crippen LogP contribution in [-0.4, -0.2) is 52.3 Å². The average molecular weight is 352 g/mol. The van der Waals surface area contributed by atoms with Crippen molar-refractivity contribution in [2.45, 2.75) is 39.3 Å². The summed E-state index contributed by atoms with van der Waals surface area (Å²) in [4.78, 5) is 25.3. The summed E-state index contributed by atoms with van der Waals surface area (Å²) in [6.07, 6.45) is -0.476. The minimum atomic E-state index is -0.681. The number of halogens is 1. The van der Waals surface area contributed by atoms with E-state index in [1.807, 2.05) is 31.2 Å². The highest BCUT2D eigenvalue weighted by atomic mass is 35.5. The van der Waals surface area contributed by atoms with Crippen LogP contribution in [0.4, 0.5) is 9.59 Å². The number of amides is 2. The molecule has 0 N–H and O–H groups in total. The van der Waals surface area contributed by atoms with Crippen molar-refractivity contribution in [3.05, 3.63) is 35.4 Å². The highest BCUT2D eigenvalue weighted by molar-refractivity contribution is 6.62. The molecule has 0 aromatic heterocycles. The molecule has 7 heteroatoms. The van der Waals surface area contributed by atoms with E-state index in [0.717, 1.165) is 16.1 Å². The van der Waals surface area contributed by atoms with Crippen LogP contribution < -0.4 is 0 Å². The standard InChI is InChI=1S/C17H22ClN3O3/c1-11-6-8-12(9-7-11)14-13(10-21(19-14)15(18)22)20(5)16(23)24-17(2,3)4/h6-9,13H,10H2,1-5H3. The van der Waals surface area contributed by atoms with Gasteiger partial charge in [0.1, 0.15) is 5.60 Å². The zero-order valence-corrected chi connectivity index (χ0v) is 15.3. The molecule has 1 atom stereocenters. The Balaban J connectivity index is 2.30. The van der Waals surface area contributed by atoms with Gasteiger partial charge in [-0.25, -0.2) is 9.80 Å². The number of nitrogens with zero attached hydrogens (tertiary/aromatic N) is 3. The number of aryl methyl sites for hydroxylation is 1. The first-order valence-corrected chi connectivity index (χ1v) is 8.04. The van der Waals surface area contributed by atoms with E-state index in [9.17, 15) is 9.59 Å². The molecule has 1 unspecified atom stereocenters. The molecule has 0 radical (unpaired) electrons. The SMILES string of the molecule is Cc1ccc(C2=NN(C(=O)Cl)CC2N(C)C(=O)OC(C)(C)C)cc1. The molecule has 6 nitrogen and oxygen atoms in total. The Kier molecular flexibility index (Phi) is 5.18. The molecule has 1 aliphatic heterocycles. The van der Waals surface area contributed by atoms with Crippen molar-refractivity contribution in [3.8, 4) is 0 Å². The Hall–Kier alpha value is -2.08. The van der Waals surface area contributed by atoms with Gasteiger partial charge in [-0.15, -0.1) is 0 Å². The largest absolute Gasteiger partial charge is 0.444 e. The van der Waals surface area contributed by atoms with Gasteiger partial charge in [0.05, 0.1) is 18.3 Å². The highest BCUT2D eigenvalue weighted by Crippen LogP contribution is 2.21. The maximum absolute atomic E-state index is 12.4. The second kappa shape index (κ2) is 6.81. The molecule has 2 amide bonds. The third-order valence-electron chi connectivity index (χ3n) is 3.59. The van der Waals surface area contributed by atoms with Gasteiger partial charge in [0, 0.05) is 7.05 Å². The summed E-state index contributed by atoms with van der Waals surface area (Å²) in [6.45, 7) is 7.59. The quantitative estimate of drug-likeness (QED) is 0.604. The topological polar surface area (TPSA) is 62.2 Å². The predicted molar refractivity (Wildman–Crippen MR) is 93.5 cm³/mol. The average Bonchev–Trinajstić information content (AvgIpc) is 2.90. The predicted octanol–water partition coefficient (Wildman–Crippen LogP) is 3.61. The molecule has 0 fully saturated rings. The smallest absolute Gasteiger partial charge is 0.410 e. The molecule has 1 aromatic carbocycles. The van der Waals surface area contributed by atoms with Crippen molar-refractivity contribution in [3.63, 3.8) is 0 Å². The van der Waals surface area contributed by atoms with Crippen molar-refractivity contribution in [1.82, 2.24) is 9.91 Å². The molecular formula is C17H22ClN3O3. The van der Waals surface area contributed by atoms with Crippen LogP contribution in [0.5, 0.6) is 0 Å². The lowest BCUT2D eigenvalue weighted by atomic mass is 10.0. The van der Waals surface area contributed by atoms with Crippen LogP contribution >= 0.6 is 11.6 Å². The molecular weight excluding hydrogens is 330 g/mol. The van der Waals surface area contributed by atoms with E-state index in [1.165, 1.54) is 4.90 Å².